The van der Waals surface area contributed by atoms with Gasteiger partial charge in [0.25, 0.3) is 5.91 Å². The molecule has 0 aromatic heterocycles. The lowest BCUT2D eigenvalue weighted by molar-refractivity contribution is -0.142. The fourth-order valence-corrected chi connectivity index (χ4v) is 4.32. The third-order valence-electron chi connectivity index (χ3n) is 6.18. The minimum absolute atomic E-state index is 0.114. The molecule has 1 unspecified atom stereocenters. The molecular weight excluding hydrogens is 436 g/mol. The average molecular weight is 471 g/mol. The van der Waals surface area contributed by atoms with Crippen molar-refractivity contribution in [2.24, 2.45) is 0 Å². The molecule has 178 valence electrons. The second-order valence-electron chi connectivity index (χ2n) is 9.85. The van der Waals surface area contributed by atoms with Gasteiger partial charge in [-0.15, -0.1) is 0 Å². The van der Waals surface area contributed by atoms with Crippen LogP contribution in [-0.2, 0) is 21.5 Å². The number of halogens is 1. The monoisotopic (exact) mass is 470 g/mol. The van der Waals surface area contributed by atoms with E-state index in [1.807, 2.05) is 36.4 Å². The number of nitrogens with one attached hydrogen (secondary N) is 1. The fraction of sp³-hybridized carbons (Fsp3) is 0.481. The number of carbonyl (C=O) groups excluding carboxylic acids is 2. The molecule has 0 bridgehead atoms. The van der Waals surface area contributed by atoms with E-state index in [4.69, 9.17) is 16.3 Å². The molecule has 0 heterocycles. The van der Waals surface area contributed by atoms with Gasteiger partial charge in [0.1, 0.15) is 11.8 Å². The highest BCUT2D eigenvalue weighted by Crippen LogP contribution is 2.31. The van der Waals surface area contributed by atoms with Gasteiger partial charge in [-0.1, -0.05) is 75.5 Å². The number of rotatable bonds is 8. The van der Waals surface area contributed by atoms with Gasteiger partial charge in [-0.3, -0.25) is 9.59 Å². The standard InChI is InChI=1S/C27H35ClN2O3/c1-19(26(32)29-22-9-5-6-10-22)30(17-20-13-15-21(28)16-14-20)25(31)18-33-24-12-8-7-11-23(24)27(2,3)4/h7-8,11-16,19,22H,5-6,9-10,17-18H2,1-4H3,(H,29,32). The molecule has 2 amide bonds. The molecule has 5 nitrogen and oxygen atoms in total. The van der Waals surface area contributed by atoms with Gasteiger partial charge >= 0.3 is 0 Å². The Morgan fingerprint density at radius 3 is 2.36 bits per heavy atom. The van der Waals surface area contributed by atoms with Crippen molar-refractivity contribution in [3.05, 3.63) is 64.7 Å². The molecule has 1 atom stereocenters. The third-order valence-corrected chi connectivity index (χ3v) is 6.43. The van der Waals surface area contributed by atoms with Crippen LogP contribution < -0.4 is 10.1 Å². The smallest absolute Gasteiger partial charge is 0.261 e. The van der Waals surface area contributed by atoms with Gasteiger partial charge in [-0.05, 0) is 54.5 Å². The highest BCUT2D eigenvalue weighted by atomic mass is 35.5. The summed E-state index contributed by atoms with van der Waals surface area (Å²) in [5.74, 6) is 0.329. The van der Waals surface area contributed by atoms with Crippen molar-refractivity contribution in [2.75, 3.05) is 6.61 Å². The van der Waals surface area contributed by atoms with E-state index in [9.17, 15) is 9.59 Å². The van der Waals surface area contributed by atoms with Crippen LogP contribution in [-0.4, -0.2) is 35.4 Å². The van der Waals surface area contributed by atoms with Crippen LogP contribution in [0.3, 0.4) is 0 Å². The van der Waals surface area contributed by atoms with Crippen LogP contribution in [0.1, 0.15) is 64.5 Å². The van der Waals surface area contributed by atoms with Crippen molar-refractivity contribution in [2.45, 2.75) is 77.4 Å². The zero-order valence-corrected chi connectivity index (χ0v) is 20.8. The van der Waals surface area contributed by atoms with Gasteiger partial charge in [0.15, 0.2) is 6.61 Å². The second-order valence-corrected chi connectivity index (χ2v) is 10.3. The van der Waals surface area contributed by atoms with Crippen molar-refractivity contribution < 1.29 is 14.3 Å². The van der Waals surface area contributed by atoms with Gasteiger partial charge in [0.05, 0.1) is 0 Å². The predicted molar refractivity (Wildman–Crippen MR) is 132 cm³/mol. The molecule has 1 aliphatic carbocycles. The molecule has 0 saturated heterocycles. The molecule has 0 radical (unpaired) electrons. The molecule has 2 aromatic rings. The van der Waals surface area contributed by atoms with E-state index < -0.39 is 6.04 Å². The van der Waals surface area contributed by atoms with E-state index in [1.54, 1.807) is 24.0 Å². The van der Waals surface area contributed by atoms with Crippen LogP contribution in [0.4, 0.5) is 0 Å². The third kappa shape index (κ3) is 6.97. The molecule has 0 spiro atoms. The van der Waals surface area contributed by atoms with Crippen LogP contribution in [0.2, 0.25) is 5.02 Å². The topological polar surface area (TPSA) is 58.6 Å². The van der Waals surface area contributed by atoms with Gasteiger partial charge in [0, 0.05) is 17.6 Å². The SMILES string of the molecule is CC(C(=O)NC1CCCC1)N(Cc1ccc(Cl)cc1)C(=O)COc1ccccc1C(C)(C)C. The largest absolute Gasteiger partial charge is 0.483 e. The molecule has 1 fully saturated rings. The number of hydrogen-bond donors (Lipinski definition) is 1. The lowest BCUT2D eigenvalue weighted by atomic mass is 9.86. The molecule has 33 heavy (non-hydrogen) atoms. The molecule has 1 saturated carbocycles. The summed E-state index contributed by atoms with van der Waals surface area (Å²) >= 11 is 6.02. The van der Waals surface area contributed by atoms with Gasteiger partial charge < -0.3 is 15.0 Å². The Labute approximate surface area is 202 Å². The summed E-state index contributed by atoms with van der Waals surface area (Å²) in [6.45, 7) is 8.28. The number of carbonyl (C=O) groups is 2. The van der Waals surface area contributed by atoms with Gasteiger partial charge in [0.2, 0.25) is 5.91 Å². The van der Waals surface area contributed by atoms with Crippen LogP contribution in [0.5, 0.6) is 5.75 Å². The van der Waals surface area contributed by atoms with Crippen LogP contribution in [0, 0.1) is 0 Å². The summed E-state index contributed by atoms with van der Waals surface area (Å²) in [6, 6.07) is 14.7. The van der Waals surface area contributed by atoms with Crippen molar-refractivity contribution in [1.82, 2.24) is 10.2 Å². The van der Waals surface area contributed by atoms with E-state index >= 15 is 0 Å². The van der Waals surface area contributed by atoms with E-state index in [0.29, 0.717) is 17.3 Å². The molecule has 2 aromatic carbocycles. The van der Waals surface area contributed by atoms with Crippen molar-refractivity contribution >= 4 is 23.4 Å². The summed E-state index contributed by atoms with van der Waals surface area (Å²) in [7, 11) is 0. The Hall–Kier alpha value is -2.53. The van der Waals surface area contributed by atoms with Crippen LogP contribution in [0.15, 0.2) is 48.5 Å². The Morgan fingerprint density at radius 2 is 1.73 bits per heavy atom. The summed E-state index contributed by atoms with van der Waals surface area (Å²) in [6.07, 6.45) is 4.26. The predicted octanol–water partition coefficient (Wildman–Crippen LogP) is 5.49. The highest BCUT2D eigenvalue weighted by Gasteiger charge is 2.29. The number of para-hydroxylation sites is 1. The number of benzene rings is 2. The number of ether oxygens (including phenoxy) is 1. The Bertz CT molecular complexity index is 947. The Balaban J connectivity index is 1.75. The maximum absolute atomic E-state index is 13.3. The summed E-state index contributed by atoms with van der Waals surface area (Å²) in [5.41, 5.74) is 1.83. The summed E-state index contributed by atoms with van der Waals surface area (Å²) in [5, 5.41) is 3.75. The van der Waals surface area contributed by atoms with Crippen molar-refractivity contribution in [1.29, 1.82) is 0 Å². The molecule has 1 N–H and O–H groups in total. The lowest BCUT2D eigenvalue weighted by Gasteiger charge is -2.30. The zero-order valence-electron chi connectivity index (χ0n) is 20.1. The molecular formula is C27H35ClN2O3. The van der Waals surface area contributed by atoms with Crippen LogP contribution in [0.25, 0.3) is 0 Å². The summed E-state index contributed by atoms with van der Waals surface area (Å²) < 4.78 is 5.98. The van der Waals surface area contributed by atoms with Crippen LogP contribution >= 0.6 is 11.6 Å². The quantitative estimate of drug-likeness (QED) is 0.554. The van der Waals surface area contributed by atoms with Gasteiger partial charge in [-0.25, -0.2) is 0 Å². The maximum atomic E-state index is 13.3. The molecule has 3 rings (SSSR count). The van der Waals surface area contributed by atoms with E-state index in [-0.39, 0.29) is 29.9 Å². The second kappa shape index (κ2) is 11.1. The van der Waals surface area contributed by atoms with Crippen molar-refractivity contribution in [3.63, 3.8) is 0 Å². The summed E-state index contributed by atoms with van der Waals surface area (Å²) in [4.78, 5) is 27.9. The average Bonchev–Trinajstić information content (AvgIpc) is 3.29. The number of hydrogen-bond acceptors (Lipinski definition) is 3. The Kier molecular flexibility index (Phi) is 8.41. The van der Waals surface area contributed by atoms with E-state index in [1.165, 1.54) is 0 Å². The van der Waals surface area contributed by atoms with Gasteiger partial charge in [-0.2, -0.15) is 0 Å². The van der Waals surface area contributed by atoms with Crippen molar-refractivity contribution in [3.8, 4) is 5.75 Å². The Morgan fingerprint density at radius 1 is 1.09 bits per heavy atom. The maximum Gasteiger partial charge on any atom is 0.261 e. The zero-order chi connectivity index (χ0) is 24.0. The molecule has 6 heteroatoms. The lowest BCUT2D eigenvalue weighted by Crippen LogP contribution is -2.50. The first-order valence-electron chi connectivity index (χ1n) is 11.7. The fourth-order valence-electron chi connectivity index (χ4n) is 4.20. The van der Waals surface area contributed by atoms with E-state index in [0.717, 1.165) is 36.8 Å². The highest BCUT2D eigenvalue weighted by molar-refractivity contribution is 6.30. The first-order valence-corrected chi connectivity index (χ1v) is 12.1. The molecule has 0 aliphatic heterocycles. The first kappa shape index (κ1) is 25.1. The number of amides is 2. The first-order chi connectivity index (χ1) is 15.6. The number of nitrogens with zero attached hydrogens (tertiary/aromatic N) is 1. The minimum atomic E-state index is -0.616. The minimum Gasteiger partial charge on any atom is -0.483 e. The molecule has 1 aliphatic rings. The van der Waals surface area contributed by atoms with E-state index in [2.05, 4.69) is 26.1 Å². The normalized spacial score (nSPS) is 15.2.